The molecule has 2 aromatic heterocycles. The van der Waals surface area contributed by atoms with E-state index in [4.69, 9.17) is 16.9 Å². The average Bonchev–Trinajstić information content (AvgIpc) is 2.85. The van der Waals surface area contributed by atoms with Crippen LogP contribution in [0.2, 0.25) is 5.02 Å². The predicted octanol–water partition coefficient (Wildman–Crippen LogP) is 4.20. The monoisotopic (exact) mass is 296 g/mol. The summed E-state index contributed by atoms with van der Waals surface area (Å²) in [4.78, 5) is 8.69. The number of fused-ring (bicyclic) bond motifs is 1. The van der Waals surface area contributed by atoms with E-state index < -0.39 is 0 Å². The first kappa shape index (κ1) is 13.6. The van der Waals surface area contributed by atoms with Gasteiger partial charge in [-0.2, -0.15) is 5.26 Å². The first-order chi connectivity index (χ1) is 10.1. The van der Waals surface area contributed by atoms with E-state index in [0.29, 0.717) is 10.6 Å². The summed E-state index contributed by atoms with van der Waals surface area (Å²) < 4.78 is 2.12. The molecule has 0 saturated heterocycles. The number of nitrogens with zero attached hydrogens (tertiary/aromatic N) is 4. The molecule has 3 aromatic rings. The molecular formula is C16H13ClN4. The molecule has 4 nitrogen and oxygen atoms in total. The van der Waals surface area contributed by atoms with Crippen molar-refractivity contribution in [1.29, 1.82) is 5.26 Å². The minimum atomic E-state index is 0.224. The van der Waals surface area contributed by atoms with Crippen molar-refractivity contribution in [3.05, 3.63) is 47.2 Å². The van der Waals surface area contributed by atoms with E-state index in [2.05, 4.69) is 34.5 Å². The molecule has 2 heterocycles. The van der Waals surface area contributed by atoms with Crippen LogP contribution in [-0.2, 0) is 0 Å². The standard InChI is InChI=1S/C16H13ClN4/c1-10(2)21-15-4-3-11(8-18)7-14(15)20-16(21)12-5-6-19-9-13(12)17/h3-7,9-10H,1-2H3. The molecule has 0 unspecified atom stereocenters. The highest BCUT2D eigenvalue weighted by Gasteiger charge is 2.17. The van der Waals surface area contributed by atoms with Gasteiger partial charge in [-0.25, -0.2) is 4.98 Å². The molecule has 0 aliphatic carbocycles. The van der Waals surface area contributed by atoms with E-state index in [0.717, 1.165) is 22.4 Å². The van der Waals surface area contributed by atoms with E-state index in [-0.39, 0.29) is 6.04 Å². The lowest BCUT2D eigenvalue weighted by Crippen LogP contribution is -2.03. The quantitative estimate of drug-likeness (QED) is 0.712. The molecule has 5 heteroatoms. The van der Waals surface area contributed by atoms with Gasteiger partial charge in [-0.3, -0.25) is 4.98 Å². The Labute approximate surface area is 127 Å². The first-order valence-electron chi connectivity index (χ1n) is 6.64. The van der Waals surface area contributed by atoms with E-state index in [1.165, 1.54) is 0 Å². The predicted molar refractivity (Wildman–Crippen MR) is 83.1 cm³/mol. The Kier molecular flexibility index (Phi) is 3.36. The summed E-state index contributed by atoms with van der Waals surface area (Å²) in [5, 5.41) is 9.59. The van der Waals surface area contributed by atoms with E-state index >= 15 is 0 Å². The zero-order valence-electron chi connectivity index (χ0n) is 11.7. The largest absolute Gasteiger partial charge is 0.321 e. The summed E-state index contributed by atoms with van der Waals surface area (Å²) in [6, 6.07) is 9.76. The van der Waals surface area contributed by atoms with Gasteiger partial charge in [-0.15, -0.1) is 0 Å². The number of halogens is 1. The normalized spacial score (nSPS) is 11.0. The van der Waals surface area contributed by atoms with Crippen LogP contribution in [0.25, 0.3) is 22.4 Å². The molecule has 0 N–H and O–H groups in total. The summed E-state index contributed by atoms with van der Waals surface area (Å²) in [6.07, 6.45) is 3.31. The number of hydrogen-bond donors (Lipinski definition) is 0. The molecule has 0 spiro atoms. The highest BCUT2D eigenvalue weighted by molar-refractivity contribution is 6.33. The fraction of sp³-hybridized carbons (Fsp3) is 0.188. The Morgan fingerprint density at radius 3 is 2.76 bits per heavy atom. The maximum atomic E-state index is 9.03. The van der Waals surface area contributed by atoms with E-state index in [1.807, 2.05) is 12.1 Å². The Bertz CT molecular complexity index is 858. The molecular weight excluding hydrogens is 284 g/mol. The van der Waals surface area contributed by atoms with Gasteiger partial charge in [0.15, 0.2) is 0 Å². The Morgan fingerprint density at radius 1 is 1.29 bits per heavy atom. The number of pyridine rings is 1. The highest BCUT2D eigenvalue weighted by Crippen LogP contribution is 2.32. The number of benzene rings is 1. The first-order valence-corrected chi connectivity index (χ1v) is 7.01. The van der Waals surface area contributed by atoms with Gasteiger partial charge in [-0.05, 0) is 38.1 Å². The number of aromatic nitrogens is 3. The van der Waals surface area contributed by atoms with Crippen molar-refractivity contribution in [3.63, 3.8) is 0 Å². The van der Waals surface area contributed by atoms with Crippen molar-refractivity contribution < 1.29 is 0 Å². The summed E-state index contributed by atoms with van der Waals surface area (Å²) in [5.74, 6) is 0.794. The second-order valence-corrected chi connectivity index (χ2v) is 5.48. The lowest BCUT2D eigenvalue weighted by atomic mass is 10.2. The van der Waals surface area contributed by atoms with Crippen molar-refractivity contribution in [3.8, 4) is 17.5 Å². The third-order valence-corrected chi connectivity index (χ3v) is 3.65. The van der Waals surface area contributed by atoms with Gasteiger partial charge in [0.25, 0.3) is 0 Å². The lowest BCUT2D eigenvalue weighted by molar-refractivity contribution is 0.624. The molecule has 1 aromatic carbocycles. The van der Waals surface area contributed by atoms with Crippen molar-refractivity contribution in [2.75, 3.05) is 0 Å². The highest BCUT2D eigenvalue weighted by atomic mass is 35.5. The van der Waals surface area contributed by atoms with Crippen LogP contribution in [0.5, 0.6) is 0 Å². The fourth-order valence-electron chi connectivity index (χ4n) is 2.44. The van der Waals surface area contributed by atoms with Crippen LogP contribution >= 0.6 is 11.6 Å². The third kappa shape index (κ3) is 2.26. The van der Waals surface area contributed by atoms with Gasteiger partial charge in [0.1, 0.15) is 5.82 Å². The summed E-state index contributed by atoms with van der Waals surface area (Å²) in [7, 11) is 0. The van der Waals surface area contributed by atoms with Crippen LogP contribution in [0.3, 0.4) is 0 Å². The Morgan fingerprint density at radius 2 is 2.10 bits per heavy atom. The second kappa shape index (κ2) is 5.19. The van der Waals surface area contributed by atoms with Crippen LogP contribution < -0.4 is 0 Å². The molecule has 0 aliphatic heterocycles. The molecule has 0 atom stereocenters. The Hall–Kier alpha value is -2.38. The molecule has 21 heavy (non-hydrogen) atoms. The Balaban J connectivity index is 2.35. The van der Waals surface area contributed by atoms with Gasteiger partial charge in [0.2, 0.25) is 0 Å². The van der Waals surface area contributed by atoms with Crippen molar-refractivity contribution in [1.82, 2.24) is 14.5 Å². The molecule has 0 fully saturated rings. The average molecular weight is 297 g/mol. The van der Waals surface area contributed by atoms with E-state index in [9.17, 15) is 0 Å². The van der Waals surface area contributed by atoms with Crippen molar-refractivity contribution >= 4 is 22.6 Å². The maximum absolute atomic E-state index is 9.03. The third-order valence-electron chi connectivity index (χ3n) is 3.35. The zero-order chi connectivity index (χ0) is 15.0. The fourth-order valence-corrected chi connectivity index (χ4v) is 2.64. The van der Waals surface area contributed by atoms with Gasteiger partial charge in [0.05, 0.1) is 27.7 Å². The molecule has 0 saturated carbocycles. The minimum Gasteiger partial charge on any atom is -0.321 e. The van der Waals surface area contributed by atoms with E-state index in [1.54, 1.807) is 24.5 Å². The van der Waals surface area contributed by atoms with Gasteiger partial charge in [-0.1, -0.05) is 11.6 Å². The smallest absolute Gasteiger partial charge is 0.142 e. The number of imidazole rings is 1. The maximum Gasteiger partial charge on any atom is 0.142 e. The summed E-state index contributed by atoms with van der Waals surface area (Å²) in [5.41, 5.74) is 3.23. The van der Waals surface area contributed by atoms with Crippen molar-refractivity contribution in [2.24, 2.45) is 0 Å². The van der Waals surface area contributed by atoms with Crippen LogP contribution in [0.1, 0.15) is 25.5 Å². The van der Waals surface area contributed by atoms with Gasteiger partial charge >= 0.3 is 0 Å². The number of hydrogen-bond acceptors (Lipinski definition) is 3. The van der Waals surface area contributed by atoms with Crippen LogP contribution in [0, 0.1) is 11.3 Å². The van der Waals surface area contributed by atoms with Gasteiger partial charge in [0, 0.05) is 24.0 Å². The zero-order valence-corrected chi connectivity index (χ0v) is 12.5. The lowest BCUT2D eigenvalue weighted by Gasteiger charge is -2.13. The van der Waals surface area contributed by atoms with Crippen LogP contribution in [-0.4, -0.2) is 14.5 Å². The molecule has 0 amide bonds. The summed E-state index contributed by atoms with van der Waals surface area (Å²) >= 11 is 6.25. The topological polar surface area (TPSA) is 54.5 Å². The number of nitriles is 1. The number of rotatable bonds is 2. The molecule has 3 rings (SSSR count). The van der Waals surface area contributed by atoms with Crippen LogP contribution in [0.15, 0.2) is 36.7 Å². The second-order valence-electron chi connectivity index (χ2n) is 5.07. The van der Waals surface area contributed by atoms with Gasteiger partial charge < -0.3 is 4.57 Å². The molecule has 0 bridgehead atoms. The van der Waals surface area contributed by atoms with Crippen LogP contribution in [0.4, 0.5) is 0 Å². The molecule has 0 aliphatic rings. The molecule has 104 valence electrons. The minimum absolute atomic E-state index is 0.224. The van der Waals surface area contributed by atoms with Crippen molar-refractivity contribution in [2.45, 2.75) is 19.9 Å². The SMILES string of the molecule is CC(C)n1c(-c2ccncc2Cl)nc2cc(C#N)ccc21. The summed E-state index contributed by atoms with van der Waals surface area (Å²) in [6.45, 7) is 4.19. The molecule has 0 radical (unpaired) electrons.